The van der Waals surface area contributed by atoms with E-state index in [4.69, 9.17) is 4.74 Å². The summed E-state index contributed by atoms with van der Waals surface area (Å²) < 4.78 is 6.03. The first-order chi connectivity index (χ1) is 12.5. The number of hydrogen-bond acceptors (Lipinski definition) is 3. The van der Waals surface area contributed by atoms with Crippen LogP contribution in [0.2, 0.25) is 0 Å². The molecule has 1 atom stereocenters. The zero-order valence-electron chi connectivity index (χ0n) is 15.6. The van der Waals surface area contributed by atoms with Crippen molar-refractivity contribution >= 4 is 17.4 Å². The molecule has 1 amide bonds. The second-order valence-electron chi connectivity index (χ2n) is 7.04. The van der Waals surface area contributed by atoms with Crippen molar-refractivity contribution in [1.82, 2.24) is 0 Å². The first-order valence-corrected chi connectivity index (χ1v) is 9.21. The first-order valence-electron chi connectivity index (χ1n) is 9.21. The van der Waals surface area contributed by atoms with Gasteiger partial charge in [-0.15, -0.1) is 0 Å². The summed E-state index contributed by atoms with van der Waals surface area (Å²) >= 11 is 0. The highest BCUT2D eigenvalue weighted by Crippen LogP contribution is 2.40. The van der Waals surface area contributed by atoms with Crippen molar-refractivity contribution in [2.75, 3.05) is 11.4 Å². The Labute approximate surface area is 154 Å². The van der Waals surface area contributed by atoms with Gasteiger partial charge >= 0.3 is 0 Å². The normalized spacial score (nSPS) is 16.4. The van der Waals surface area contributed by atoms with E-state index >= 15 is 0 Å². The van der Waals surface area contributed by atoms with Crippen molar-refractivity contribution in [2.24, 2.45) is 5.92 Å². The van der Waals surface area contributed by atoms with E-state index in [-0.39, 0.29) is 11.7 Å². The van der Waals surface area contributed by atoms with Crippen LogP contribution in [0.5, 0.6) is 5.75 Å². The molecule has 0 saturated carbocycles. The Morgan fingerprint density at radius 3 is 2.54 bits per heavy atom. The fourth-order valence-corrected chi connectivity index (χ4v) is 3.10. The van der Waals surface area contributed by atoms with Crippen LogP contribution in [0, 0.1) is 5.92 Å². The van der Waals surface area contributed by atoms with Crippen molar-refractivity contribution < 1.29 is 14.3 Å². The Kier molecular flexibility index (Phi) is 5.40. The number of carbonyl (C=O) groups excluding carboxylic acids is 2. The molecular formula is C22H25NO3. The van der Waals surface area contributed by atoms with Gasteiger partial charge in [0.15, 0.2) is 5.78 Å². The topological polar surface area (TPSA) is 46.6 Å². The van der Waals surface area contributed by atoms with Gasteiger partial charge < -0.3 is 9.64 Å². The monoisotopic (exact) mass is 351 g/mol. The van der Waals surface area contributed by atoms with Gasteiger partial charge in [0, 0.05) is 24.1 Å². The molecule has 4 heteroatoms. The smallest absolute Gasteiger partial charge is 0.272 e. The molecular weight excluding hydrogens is 326 g/mol. The average molecular weight is 351 g/mol. The van der Waals surface area contributed by atoms with Crippen LogP contribution < -0.4 is 9.64 Å². The van der Waals surface area contributed by atoms with Gasteiger partial charge in [0.2, 0.25) is 6.10 Å². The molecule has 1 heterocycles. The lowest BCUT2D eigenvalue weighted by atomic mass is 10.0. The van der Waals surface area contributed by atoms with Crippen LogP contribution in [0.3, 0.4) is 0 Å². The van der Waals surface area contributed by atoms with Crippen molar-refractivity contribution in [2.45, 2.75) is 39.7 Å². The SMILES string of the molecule is CCC(=O)c1ccc2c(c1)N(CCC(C)C)C(=O)C(c1ccccc1)O2. The fraction of sp³-hybridized carbons (Fsp3) is 0.364. The molecule has 0 radical (unpaired) electrons. The van der Waals surface area contributed by atoms with E-state index in [1.54, 1.807) is 17.0 Å². The van der Waals surface area contributed by atoms with E-state index in [0.717, 1.165) is 12.0 Å². The molecule has 0 N–H and O–H groups in total. The van der Waals surface area contributed by atoms with Crippen LogP contribution >= 0.6 is 0 Å². The molecule has 0 spiro atoms. The number of hydrogen-bond donors (Lipinski definition) is 0. The minimum absolute atomic E-state index is 0.0641. The summed E-state index contributed by atoms with van der Waals surface area (Å²) in [6.45, 7) is 6.72. The molecule has 0 aliphatic carbocycles. The van der Waals surface area contributed by atoms with Crippen LogP contribution in [0.25, 0.3) is 0 Å². The number of rotatable bonds is 6. The number of amides is 1. The van der Waals surface area contributed by atoms with E-state index in [1.165, 1.54) is 0 Å². The van der Waals surface area contributed by atoms with Crippen molar-refractivity contribution in [1.29, 1.82) is 0 Å². The van der Waals surface area contributed by atoms with Crippen LogP contribution in [-0.4, -0.2) is 18.2 Å². The maximum absolute atomic E-state index is 13.2. The van der Waals surface area contributed by atoms with E-state index in [0.29, 0.717) is 35.9 Å². The molecule has 1 unspecified atom stereocenters. The molecule has 2 aromatic carbocycles. The van der Waals surface area contributed by atoms with E-state index < -0.39 is 6.10 Å². The zero-order valence-corrected chi connectivity index (χ0v) is 15.6. The minimum Gasteiger partial charge on any atom is -0.474 e. The minimum atomic E-state index is -0.649. The van der Waals surface area contributed by atoms with Crippen molar-refractivity contribution in [3.05, 3.63) is 59.7 Å². The summed E-state index contributed by atoms with van der Waals surface area (Å²) in [4.78, 5) is 27.0. The Hall–Kier alpha value is -2.62. The number of carbonyl (C=O) groups is 2. The number of fused-ring (bicyclic) bond motifs is 1. The van der Waals surface area contributed by atoms with Crippen molar-refractivity contribution in [3.63, 3.8) is 0 Å². The maximum atomic E-state index is 13.2. The molecule has 1 aliphatic rings. The second kappa shape index (κ2) is 7.73. The third-order valence-corrected chi connectivity index (χ3v) is 4.66. The number of ether oxygens (including phenoxy) is 1. The Balaban J connectivity index is 2.01. The highest BCUT2D eigenvalue weighted by atomic mass is 16.5. The zero-order chi connectivity index (χ0) is 18.7. The van der Waals surface area contributed by atoms with Crippen LogP contribution in [0.1, 0.15) is 55.6 Å². The van der Waals surface area contributed by atoms with Crippen molar-refractivity contribution in [3.8, 4) is 5.75 Å². The predicted octanol–water partition coefficient (Wildman–Crippen LogP) is 4.79. The van der Waals surface area contributed by atoms with E-state index in [1.807, 2.05) is 43.3 Å². The van der Waals surface area contributed by atoms with Gasteiger partial charge in [-0.25, -0.2) is 0 Å². The standard InChI is InChI=1S/C22H25NO3/c1-4-19(24)17-10-11-20-18(14-17)23(13-12-15(2)3)22(25)21(26-20)16-8-6-5-7-9-16/h5-11,14-15,21H,4,12-13H2,1-3H3. The number of benzene rings is 2. The molecule has 2 aromatic rings. The molecule has 0 bridgehead atoms. The first kappa shape index (κ1) is 18.2. The summed E-state index contributed by atoms with van der Waals surface area (Å²) in [5.74, 6) is 1.11. The molecule has 26 heavy (non-hydrogen) atoms. The Bertz CT molecular complexity index is 798. The Morgan fingerprint density at radius 2 is 1.88 bits per heavy atom. The molecule has 0 aromatic heterocycles. The summed E-state index contributed by atoms with van der Waals surface area (Å²) in [5, 5.41) is 0. The second-order valence-corrected chi connectivity index (χ2v) is 7.04. The third kappa shape index (κ3) is 3.64. The lowest BCUT2D eigenvalue weighted by Crippen LogP contribution is -2.42. The largest absolute Gasteiger partial charge is 0.474 e. The van der Waals surface area contributed by atoms with Gasteiger partial charge in [-0.3, -0.25) is 9.59 Å². The Morgan fingerprint density at radius 1 is 1.15 bits per heavy atom. The van der Waals surface area contributed by atoms with Gasteiger partial charge in [-0.05, 0) is 30.5 Å². The maximum Gasteiger partial charge on any atom is 0.272 e. The molecule has 0 saturated heterocycles. The van der Waals surface area contributed by atoms with Crippen LogP contribution in [0.15, 0.2) is 48.5 Å². The average Bonchev–Trinajstić information content (AvgIpc) is 2.66. The highest BCUT2D eigenvalue weighted by Gasteiger charge is 2.35. The third-order valence-electron chi connectivity index (χ3n) is 4.66. The summed E-state index contributed by atoms with van der Waals surface area (Å²) in [7, 11) is 0. The van der Waals surface area contributed by atoms with Gasteiger partial charge in [0.25, 0.3) is 5.91 Å². The van der Waals surface area contributed by atoms with Gasteiger partial charge in [0.05, 0.1) is 5.69 Å². The molecule has 1 aliphatic heterocycles. The summed E-state index contributed by atoms with van der Waals surface area (Å²) in [5.41, 5.74) is 2.16. The van der Waals surface area contributed by atoms with Crippen LogP contribution in [0.4, 0.5) is 5.69 Å². The molecule has 4 nitrogen and oxygen atoms in total. The number of ketones is 1. The fourth-order valence-electron chi connectivity index (χ4n) is 3.10. The lowest BCUT2D eigenvalue weighted by Gasteiger charge is -2.35. The summed E-state index contributed by atoms with van der Waals surface area (Å²) in [6.07, 6.45) is 0.675. The molecule has 0 fully saturated rings. The quantitative estimate of drug-likeness (QED) is 0.703. The lowest BCUT2D eigenvalue weighted by molar-refractivity contribution is -0.126. The van der Waals surface area contributed by atoms with Gasteiger partial charge in [-0.2, -0.15) is 0 Å². The highest BCUT2D eigenvalue weighted by molar-refractivity contribution is 6.03. The van der Waals surface area contributed by atoms with E-state index in [9.17, 15) is 9.59 Å². The van der Waals surface area contributed by atoms with E-state index in [2.05, 4.69) is 13.8 Å². The number of Topliss-reactive ketones (excluding diaryl/α,β-unsaturated/α-hetero) is 1. The van der Waals surface area contributed by atoms with Gasteiger partial charge in [0.1, 0.15) is 5.75 Å². The summed E-state index contributed by atoms with van der Waals surface area (Å²) in [6, 6.07) is 14.9. The predicted molar refractivity (Wildman–Crippen MR) is 103 cm³/mol. The molecule has 3 rings (SSSR count). The van der Waals surface area contributed by atoms with Crippen LogP contribution in [-0.2, 0) is 4.79 Å². The van der Waals surface area contributed by atoms with Gasteiger partial charge in [-0.1, -0.05) is 51.1 Å². The number of anilines is 1. The number of nitrogens with zero attached hydrogens (tertiary/aromatic N) is 1. The molecule has 136 valence electrons.